The summed E-state index contributed by atoms with van der Waals surface area (Å²) in [5.74, 6) is 0.763. The lowest BCUT2D eigenvalue weighted by Crippen LogP contribution is -1.80. The first-order chi connectivity index (χ1) is 5.33. The highest BCUT2D eigenvalue weighted by atomic mass is 35.5. The van der Waals surface area contributed by atoms with E-state index in [1.807, 2.05) is 6.07 Å². The van der Waals surface area contributed by atoms with E-state index in [0.29, 0.717) is 0 Å². The highest BCUT2D eigenvalue weighted by Gasteiger charge is 1.96. The van der Waals surface area contributed by atoms with Crippen molar-refractivity contribution in [1.82, 2.24) is 0 Å². The second kappa shape index (κ2) is 5.02. The summed E-state index contributed by atoms with van der Waals surface area (Å²) in [6.07, 6.45) is 3.38. The zero-order valence-corrected chi connectivity index (χ0v) is 8.48. The van der Waals surface area contributed by atoms with Gasteiger partial charge in [-0.1, -0.05) is 11.6 Å². The van der Waals surface area contributed by atoms with Gasteiger partial charge in [-0.3, -0.25) is 0 Å². The zero-order chi connectivity index (χ0) is 8.10. The van der Waals surface area contributed by atoms with Gasteiger partial charge in [-0.05, 0) is 31.4 Å². The molecule has 11 heavy (non-hydrogen) atoms. The number of rotatable bonds is 4. The maximum atomic E-state index is 5.77. The van der Waals surface area contributed by atoms with E-state index in [1.54, 1.807) is 11.3 Å². The van der Waals surface area contributed by atoms with E-state index in [4.69, 9.17) is 23.2 Å². The van der Waals surface area contributed by atoms with Crippen LogP contribution >= 0.6 is 34.5 Å². The topological polar surface area (TPSA) is 0 Å². The van der Waals surface area contributed by atoms with Crippen LogP contribution in [0.15, 0.2) is 12.1 Å². The lowest BCUT2D eigenvalue weighted by molar-refractivity contribution is 0.809. The molecule has 0 unspecified atom stereocenters. The fourth-order valence-electron chi connectivity index (χ4n) is 0.880. The third-order valence-electron chi connectivity index (χ3n) is 1.44. The van der Waals surface area contributed by atoms with Crippen LogP contribution in [0.1, 0.15) is 17.7 Å². The minimum atomic E-state index is 0.763. The Morgan fingerprint density at radius 2 is 2.09 bits per heavy atom. The molecule has 1 aromatic heterocycles. The molecule has 0 radical (unpaired) electrons. The van der Waals surface area contributed by atoms with Gasteiger partial charge in [0, 0.05) is 10.8 Å². The minimum absolute atomic E-state index is 0.763. The molecule has 0 saturated carbocycles. The van der Waals surface area contributed by atoms with Gasteiger partial charge in [-0.2, -0.15) is 0 Å². The average molecular weight is 209 g/mol. The number of alkyl halides is 1. The van der Waals surface area contributed by atoms with Crippen LogP contribution in [0.2, 0.25) is 4.34 Å². The van der Waals surface area contributed by atoms with Crippen LogP contribution in [-0.2, 0) is 6.42 Å². The largest absolute Gasteiger partial charge is 0.128 e. The van der Waals surface area contributed by atoms with Crippen molar-refractivity contribution < 1.29 is 0 Å². The van der Waals surface area contributed by atoms with Gasteiger partial charge in [0.1, 0.15) is 0 Å². The zero-order valence-electron chi connectivity index (χ0n) is 6.15. The smallest absolute Gasteiger partial charge is 0.0931 e. The molecule has 0 atom stereocenters. The van der Waals surface area contributed by atoms with Gasteiger partial charge < -0.3 is 0 Å². The van der Waals surface area contributed by atoms with Gasteiger partial charge in [0.05, 0.1) is 4.34 Å². The Balaban J connectivity index is 2.27. The molecule has 0 aliphatic rings. The maximum absolute atomic E-state index is 5.77. The van der Waals surface area contributed by atoms with Crippen molar-refractivity contribution in [3.63, 3.8) is 0 Å². The van der Waals surface area contributed by atoms with Gasteiger partial charge in [0.2, 0.25) is 0 Å². The average Bonchev–Trinajstić information content (AvgIpc) is 2.37. The predicted octanol–water partition coefficient (Wildman–Crippen LogP) is 3.96. The van der Waals surface area contributed by atoms with E-state index >= 15 is 0 Å². The summed E-state index contributed by atoms with van der Waals surface area (Å²) in [6, 6.07) is 4.03. The van der Waals surface area contributed by atoms with E-state index in [9.17, 15) is 0 Å². The summed E-state index contributed by atoms with van der Waals surface area (Å²) in [7, 11) is 0. The van der Waals surface area contributed by atoms with Gasteiger partial charge in [0.25, 0.3) is 0 Å². The number of thiophene rings is 1. The fraction of sp³-hybridized carbons (Fsp3) is 0.500. The Morgan fingerprint density at radius 3 is 2.64 bits per heavy atom. The molecular weight excluding hydrogens is 199 g/mol. The third-order valence-corrected chi connectivity index (χ3v) is 2.99. The van der Waals surface area contributed by atoms with Crippen molar-refractivity contribution in [3.8, 4) is 0 Å². The van der Waals surface area contributed by atoms with E-state index < -0.39 is 0 Å². The number of unbranched alkanes of at least 4 members (excludes halogenated alkanes) is 1. The standard InChI is InChI=1S/C8H10Cl2S/c9-6-2-1-3-7-4-5-8(10)11-7/h4-5H,1-3,6H2. The van der Waals surface area contributed by atoms with E-state index in [-0.39, 0.29) is 0 Å². The van der Waals surface area contributed by atoms with Crippen LogP contribution in [-0.4, -0.2) is 5.88 Å². The number of hydrogen-bond donors (Lipinski definition) is 0. The minimum Gasteiger partial charge on any atom is -0.128 e. The van der Waals surface area contributed by atoms with Crippen LogP contribution in [0.25, 0.3) is 0 Å². The number of halogens is 2. The molecule has 0 aliphatic carbocycles. The molecule has 3 heteroatoms. The van der Waals surface area contributed by atoms with Gasteiger partial charge in [0.15, 0.2) is 0 Å². The van der Waals surface area contributed by atoms with Crippen molar-refractivity contribution in [2.24, 2.45) is 0 Å². The quantitative estimate of drug-likeness (QED) is 0.520. The normalized spacial score (nSPS) is 10.4. The van der Waals surface area contributed by atoms with Crippen LogP contribution in [0, 0.1) is 0 Å². The van der Waals surface area contributed by atoms with E-state index in [2.05, 4.69) is 6.07 Å². The summed E-state index contributed by atoms with van der Waals surface area (Å²) in [5, 5.41) is 0. The summed E-state index contributed by atoms with van der Waals surface area (Å²) < 4.78 is 0.880. The van der Waals surface area contributed by atoms with Gasteiger partial charge in [-0.15, -0.1) is 22.9 Å². The molecule has 1 aromatic rings. The molecule has 62 valence electrons. The Kier molecular flexibility index (Phi) is 4.28. The predicted molar refractivity (Wildman–Crippen MR) is 53.0 cm³/mol. The molecule has 1 heterocycles. The molecule has 0 spiro atoms. The van der Waals surface area contributed by atoms with Crippen molar-refractivity contribution in [2.45, 2.75) is 19.3 Å². The molecule has 0 saturated heterocycles. The van der Waals surface area contributed by atoms with Gasteiger partial charge >= 0.3 is 0 Å². The lowest BCUT2D eigenvalue weighted by atomic mass is 10.2. The van der Waals surface area contributed by atoms with Crippen LogP contribution in [0.4, 0.5) is 0 Å². The van der Waals surface area contributed by atoms with E-state index in [0.717, 1.165) is 23.1 Å². The molecular formula is C8H10Cl2S. The molecule has 0 amide bonds. The third kappa shape index (κ3) is 3.46. The van der Waals surface area contributed by atoms with Crippen molar-refractivity contribution in [2.75, 3.05) is 5.88 Å². The summed E-state index contributed by atoms with van der Waals surface area (Å²) in [4.78, 5) is 1.36. The van der Waals surface area contributed by atoms with Crippen LogP contribution < -0.4 is 0 Å². The Bertz CT molecular complexity index is 208. The lowest BCUT2D eigenvalue weighted by Gasteiger charge is -1.92. The summed E-state index contributed by atoms with van der Waals surface area (Å²) in [5.41, 5.74) is 0. The SMILES string of the molecule is ClCCCCc1ccc(Cl)s1. The monoisotopic (exact) mass is 208 g/mol. The second-order valence-electron chi connectivity index (χ2n) is 2.35. The number of hydrogen-bond acceptors (Lipinski definition) is 1. The van der Waals surface area contributed by atoms with Crippen molar-refractivity contribution >= 4 is 34.5 Å². The first-order valence-corrected chi connectivity index (χ1v) is 5.36. The molecule has 0 fully saturated rings. The summed E-state index contributed by atoms with van der Waals surface area (Å²) >= 11 is 13.0. The fourth-order valence-corrected chi connectivity index (χ4v) is 2.20. The Labute approximate surface area is 81.1 Å². The molecule has 0 bridgehead atoms. The number of aryl methyl sites for hydroxylation is 1. The second-order valence-corrected chi connectivity index (χ2v) is 4.53. The summed E-state index contributed by atoms with van der Waals surface area (Å²) in [6.45, 7) is 0. The maximum Gasteiger partial charge on any atom is 0.0931 e. The molecule has 0 aromatic carbocycles. The molecule has 1 rings (SSSR count). The molecule has 0 N–H and O–H groups in total. The first-order valence-electron chi connectivity index (χ1n) is 3.63. The highest BCUT2D eigenvalue weighted by molar-refractivity contribution is 7.16. The Morgan fingerprint density at radius 1 is 1.27 bits per heavy atom. The molecule has 0 nitrogen and oxygen atoms in total. The van der Waals surface area contributed by atoms with Crippen LogP contribution in [0.3, 0.4) is 0 Å². The van der Waals surface area contributed by atoms with Crippen molar-refractivity contribution in [3.05, 3.63) is 21.3 Å². The highest BCUT2D eigenvalue weighted by Crippen LogP contribution is 2.22. The Hall–Kier alpha value is 0.280. The van der Waals surface area contributed by atoms with Gasteiger partial charge in [-0.25, -0.2) is 0 Å². The van der Waals surface area contributed by atoms with Crippen LogP contribution in [0.5, 0.6) is 0 Å². The molecule has 0 aliphatic heterocycles. The van der Waals surface area contributed by atoms with Crippen molar-refractivity contribution in [1.29, 1.82) is 0 Å². The van der Waals surface area contributed by atoms with E-state index in [1.165, 1.54) is 11.3 Å². The first kappa shape index (κ1) is 9.37.